The largest absolute Gasteiger partial charge is 0.294 e. The first-order valence-corrected chi connectivity index (χ1v) is 6.90. The Morgan fingerprint density at radius 3 is 2.45 bits per heavy atom. The number of hydrogen-bond acceptors (Lipinski definition) is 3. The van der Waals surface area contributed by atoms with Crippen molar-refractivity contribution < 1.29 is 4.79 Å². The summed E-state index contributed by atoms with van der Waals surface area (Å²) in [6.07, 6.45) is 9.59. The summed E-state index contributed by atoms with van der Waals surface area (Å²) in [4.78, 5) is 20.1. The third-order valence-electron chi connectivity index (χ3n) is 2.90. The van der Waals surface area contributed by atoms with Crippen LogP contribution in [0, 0.1) is 0 Å². The normalized spacial score (nSPS) is 14.1. The molecule has 0 atom stereocenters. The van der Waals surface area contributed by atoms with Gasteiger partial charge in [0.15, 0.2) is 5.78 Å². The van der Waals surface area contributed by atoms with Gasteiger partial charge >= 0.3 is 0 Å². The summed E-state index contributed by atoms with van der Waals surface area (Å²) in [6, 6.07) is 0. The molecule has 0 saturated heterocycles. The van der Waals surface area contributed by atoms with Gasteiger partial charge in [0.1, 0.15) is 0 Å². The molecule has 0 aliphatic carbocycles. The van der Waals surface area contributed by atoms with E-state index in [4.69, 9.17) is 11.6 Å². The van der Waals surface area contributed by atoms with Crippen molar-refractivity contribution in [3.63, 3.8) is 0 Å². The molecule has 0 aromatic carbocycles. The summed E-state index contributed by atoms with van der Waals surface area (Å²) in [5, 5.41) is 0.514. The van der Waals surface area contributed by atoms with Gasteiger partial charge in [-0.05, 0) is 44.4 Å². The molecule has 1 aromatic heterocycles. The third-order valence-corrected chi connectivity index (χ3v) is 3.09. The maximum atomic E-state index is 11.8. The Hall–Kier alpha value is -1.74. The minimum atomic E-state index is -0.0276. The molecule has 0 unspecified atom stereocenters. The Bertz CT molecular complexity index is 567. The van der Waals surface area contributed by atoms with Crippen molar-refractivity contribution in [2.45, 2.75) is 34.1 Å². The Morgan fingerprint density at radius 2 is 2.05 bits per heavy atom. The van der Waals surface area contributed by atoms with Gasteiger partial charge < -0.3 is 0 Å². The molecule has 0 fully saturated rings. The number of carbonyl (C=O) groups excluding carboxylic acids is 1. The van der Waals surface area contributed by atoms with Gasteiger partial charge in [0.05, 0.1) is 11.9 Å². The lowest BCUT2D eigenvalue weighted by molar-refractivity contribution is -0.113. The number of aromatic nitrogens is 2. The molecule has 0 spiro atoms. The van der Waals surface area contributed by atoms with E-state index in [1.54, 1.807) is 25.5 Å². The van der Waals surface area contributed by atoms with E-state index in [1.807, 2.05) is 26.0 Å². The fourth-order valence-electron chi connectivity index (χ4n) is 1.98. The van der Waals surface area contributed by atoms with Crippen LogP contribution in [0.4, 0.5) is 0 Å². The molecule has 4 heteroatoms. The molecule has 0 radical (unpaired) electrons. The van der Waals surface area contributed by atoms with Crippen LogP contribution in [0.2, 0.25) is 0 Å². The van der Waals surface area contributed by atoms with E-state index in [0.717, 1.165) is 23.3 Å². The number of Topliss-reactive ketones (excluding diaryl/α,β-unsaturated/α-hetero) is 1. The predicted octanol–water partition coefficient (Wildman–Crippen LogP) is 4.32. The number of nitrogens with zero attached hydrogens (tertiary/aromatic N) is 2. The van der Waals surface area contributed by atoms with E-state index < -0.39 is 0 Å². The van der Waals surface area contributed by atoms with Crippen LogP contribution in [0.25, 0.3) is 5.57 Å². The zero-order valence-electron chi connectivity index (χ0n) is 12.3. The van der Waals surface area contributed by atoms with Gasteiger partial charge in [0.2, 0.25) is 0 Å². The highest BCUT2D eigenvalue weighted by Gasteiger charge is 2.13. The monoisotopic (exact) mass is 290 g/mol. The molecule has 0 aliphatic rings. The first kappa shape index (κ1) is 16.3. The lowest BCUT2D eigenvalue weighted by atomic mass is 9.96. The number of carbonyl (C=O) groups is 1. The molecule has 1 rings (SSSR count). The maximum Gasteiger partial charge on any atom is 0.161 e. The van der Waals surface area contributed by atoms with E-state index in [0.29, 0.717) is 10.6 Å². The van der Waals surface area contributed by atoms with Gasteiger partial charge in [-0.15, -0.1) is 0 Å². The molecular formula is C16H19ClN2O. The molecular weight excluding hydrogens is 272 g/mol. The van der Waals surface area contributed by atoms with Crippen LogP contribution in [0.15, 0.2) is 46.9 Å². The Balaban J connectivity index is 3.30. The zero-order chi connectivity index (χ0) is 15.1. The molecule has 0 saturated carbocycles. The highest BCUT2D eigenvalue weighted by molar-refractivity contribution is 6.32. The van der Waals surface area contributed by atoms with Crippen LogP contribution >= 0.6 is 11.6 Å². The van der Waals surface area contributed by atoms with Gasteiger partial charge in [0.25, 0.3) is 0 Å². The van der Waals surface area contributed by atoms with Crippen molar-refractivity contribution >= 4 is 23.0 Å². The van der Waals surface area contributed by atoms with Crippen LogP contribution in [0.1, 0.15) is 39.8 Å². The average molecular weight is 291 g/mol. The fraction of sp³-hybridized carbons (Fsp3) is 0.312. The third kappa shape index (κ3) is 4.14. The molecule has 0 N–H and O–H groups in total. The number of allylic oxidation sites excluding steroid dienone is 6. The topological polar surface area (TPSA) is 42.9 Å². The molecule has 106 valence electrons. The van der Waals surface area contributed by atoms with Crippen molar-refractivity contribution in [2.75, 3.05) is 0 Å². The van der Waals surface area contributed by atoms with E-state index in [1.165, 1.54) is 6.92 Å². The molecule has 20 heavy (non-hydrogen) atoms. The van der Waals surface area contributed by atoms with Crippen molar-refractivity contribution in [1.29, 1.82) is 0 Å². The number of rotatable bonds is 5. The van der Waals surface area contributed by atoms with Gasteiger partial charge in [-0.25, -0.2) is 0 Å². The molecule has 0 bridgehead atoms. The summed E-state index contributed by atoms with van der Waals surface area (Å²) in [6.45, 7) is 7.19. The van der Waals surface area contributed by atoms with E-state index >= 15 is 0 Å². The highest BCUT2D eigenvalue weighted by atomic mass is 35.5. The zero-order valence-corrected chi connectivity index (χ0v) is 13.0. The molecule has 0 amide bonds. The van der Waals surface area contributed by atoms with E-state index in [-0.39, 0.29) is 5.78 Å². The Kier molecular flexibility index (Phi) is 6.32. The van der Waals surface area contributed by atoms with Gasteiger partial charge in [-0.1, -0.05) is 24.6 Å². The molecule has 3 nitrogen and oxygen atoms in total. The van der Waals surface area contributed by atoms with Crippen LogP contribution < -0.4 is 0 Å². The van der Waals surface area contributed by atoms with Crippen molar-refractivity contribution in [1.82, 2.24) is 9.97 Å². The number of halogens is 1. The van der Waals surface area contributed by atoms with Crippen molar-refractivity contribution in [3.05, 3.63) is 52.6 Å². The molecule has 0 aliphatic heterocycles. The average Bonchev–Trinajstić information content (AvgIpc) is 2.43. The van der Waals surface area contributed by atoms with E-state index in [2.05, 4.69) is 9.97 Å². The standard InChI is InChI=1S/C16H19ClN2O/c1-5-13(15-10-18-7-8-19-15)9-14(6-2)16(11(3)17)12(4)20/h5,7-10H,6H2,1-4H3/b13-5+,14-9-,16-11+. The fourth-order valence-corrected chi connectivity index (χ4v) is 2.24. The molecule has 1 aromatic rings. The Labute approximate surface area is 125 Å². The first-order chi connectivity index (χ1) is 9.51. The lowest BCUT2D eigenvalue weighted by Crippen LogP contribution is -2.02. The summed E-state index contributed by atoms with van der Waals surface area (Å²) in [5.41, 5.74) is 3.18. The van der Waals surface area contributed by atoms with Gasteiger partial charge in [-0.2, -0.15) is 0 Å². The van der Waals surface area contributed by atoms with Crippen LogP contribution in [-0.4, -0.2) is 15.8 Å². The minimum Gasteiger partial charge on any atom is -0.294 e. The first-order valence-electron chi connectivity index (χ1n) is 6.52. The maximum absolute atomic E-state index is 11.8. The minimum absolute atomic E-state index is 0.0276. The van der Waals surface area contributed by atoms with E-state index in [9.17, 15) is 4.79 Å². The highest BCUT2D eigenvalue weighted by Crippen LogP contribution is 2.25. The second-order valence-electron chi connectivity index (χ2n) is 4.32. The predicted molar refractivity (Wildman–Crippen MR) is 83.3 cm³/mol. The van der Waals surface area contributed by atoms with Gasteiger partial charge in [-0.3, -0.25) is 14.8 Å². The number of hydrogen-bond donors (Lipinski definition) is 0. The summed E-state index contributed by atoms with van der Waals surface area (Å²) < 4.78 is 0. The lowest BCUT2D eigenvalue weighted by Gasteiger charge is -2.10. The quantitative estimate of drug-likeness (QED) is 0.599. The molecule has 1 heterocycles. The summed E-state index contributed by atoms with van der Waals surface area (Å²) >= 11 is 6.06. The van der Waals surface area contributed by atoms with Gasteiger partial charge in [0, 0.05) is 23.0 Å². The summed E-state index contributed by atoms with van der Waals surface area (Å²) in [7, 11) is 0. The second kappa shape index (κ2) is 7.75. The van der Waals surface area contributed by atoms with Crippen LogP contribution in [-0.2, 0) is 4.79 Å². The SMILES string of the molecule is C\C=C(/C=C(CC)\C(C(C)=O)=C(/C)Cl)c1cnccn1. The smallest absolute Gasteiger partial charge is 0.161 e. The van der Waals surface area contributed by atoms with Crippen molar-refractivity contribution in [2.24, 2.45) is 0 Å². The van der Waals surface area contributed by atoms with Crippen LogP contribution in [0.3, 0.4) is 0 Å². The summed E-state index contributed by atoms with van der Waals surface area (Å²) in [5.74, 6) is -0.0276. The Morgan fingerprint density at radius 1 is 1.35 bits per heavy atom. The van der Waals surface area contributed by atoms with Crippen LogP contribution in [0.5, 0.6) is 0 Å². The van der Waals surface area contributed by atoms with Crippen molar-refractivity contribution in [3.8, 4) is 0 Å². The second-order valence-corrected chi connectivity index (χ2v) is 4.89. The number of ketones is 1.